The Bertz CT molecular complexity index is 1570. The third kappa shape index (κ3) is 4.95. The summed E-state index contributed by atoms with van der Waals surface area (Å²) in [6.45, 7) is 6.90. The van der Waals surface area contributed by atoms with Crippen molar-refractivity contribution in [2.45, 2.75) is 26.8 Å². The maximum atomic E-state index is 13.9. The molecule has 190 valence electrons. The third-order valence-corrected chi connectivity index (χ3v) is 7.24. The smallest absolute Gasteiger partial charge is 0.271 e. The number of carbonyl (C=O) groups is 1. The number of para-hydroxylation sites is 2. The van der Waals surface area contributed by atoms with Crippen molar-refractivity contribution in [3.63, 3.8) is 0 Å². The van der Waals surface area contributed by atoms with Gasteiger partial charge in [-0.05, 0) is 39.0 Å². The Morgan fingerprint density at radius 3 is 2.51 bits per heavy atom. The molecule has 0 radical (unpaired) electrons. The van der Waals surface area contributed by atoms with Gasteiger partial charge in [0.2, 0.25) is 0 Å². The van der Waals surface area contributed by atoms with Crippen LogP contribution in [-0.2, 0) is 4.79 Å². The zero-order valence-corrected chi connectivity index (χ0v) is 22.2. The number of rotatable bonds is 8. The molecule has 1 aliphatic heterocycles. The Morgan fingerprint density at radius 2 is 1.84 bits per heavy atom. The highest BCUT2D eigenvalue weighted by atomic mass is 32.1. The minimum absolute atomic E-state index is 0.121. The Labute approximate surface area is 220 Å². The summed E-state index contributed by atoms with van der Waals surface area (Å²) in [4.78, 5) is 34.6. The van der Waals surface area contributed by atoms with Gasteiger partial charge < -0.3 is 14.4 Å². The summed E-state index contributed by atoms with van der Waals surface area (Å²) in [6, 6.07) is 14.2. The molecule has 0 saturated heterocycles. The van der Waals surface area contributed by atoms with E-state index in [9.17, 15) is 9.59 Å². The van der Waals surface area contributed by atoms with Crippen molar-refractivity contribution in [3.05, 3.63) is 90.6 Å². The minimum Gasteiger partial charge on any atom is -0.496 e. The van der Waals surface area contributed by atoms with E-state index in [0.717, 1.165) is 11.1 Å². The van der Waals surface area contributed by atoms with Gasteiger partial charge in [-0.15, -0.1) is 6.42 Å². The first-order chi connectivity index (χ1) is 17.9. The molecule has 4 rings (SSSR count). The van der Waals surface area contributed by atoms with Crippen LogP contribution in [0.3, 0.4) is 0 Å². The molecule has 0 fully saturated rings. The number of hydrogen-bond donors (Lipinski definition) is 0. The van der Waals surface area contributed by atoms with Crippen LogP contribution >= 0.6 is 11.3 Å². The number of methoxy groups -OCH3 is 1. The molecule has 1 aliphatic rings. The quantitative estimate of drug-likeness (QED) is 0.432. The van der Waals surface area contributed by atoms with Crippen LogP contribution < -0.4 is 24.4 Å². The molecule has 2 aromatic carbocycles. The lowest BCUT2D eigenvalue weighted by atomic mass is 9.94. The van der Waals surface area contributed by atoms with E-state index in [4.69, 9.17) is 20.9 Å². The molecular weight excluding hydrogens is 486 g/mol. The fourth-order valence-corrected chi connectivity index (χ4v) is 5.49. The van der Waals surface area contributed by atoms with E-state index in [1.54, 1.807) is 22.7 Å². The van der Waals surface area contributed by atoms with Crippen molar-refractivity contribution in [2.24, 2.45) is 4.99 Å². The van der Waals surface area contributed by atoms with E-state index in [1.165, 1.54) is 11.3 Å². The Morgan fingerprint density at radius 1 is 1.16 bits per heavy atom. The van der Waals surface area contributed by atoms with Gasteiger partial charge in [0.15, 0.2) is 4.80 Å². The summed E-state index contributed by atoms with van der Waals surface area (Å²) in [5, 5.41) is 0. The van der Waals surface area contributed by atoms with Gasteiger partial charge in [0.1, 0.15) is 24.1 Å². The van der Waals surface area contributed by atoms with Gasteiger partial charge in [-0.25, -0.2) is 4.99 Å². The van der Waals surface area contributed by atoms with Gasteiger partial charge in [-0.1, -0.05) is 53.7 Å². The number of amides is 1. The van der Waals surface area contributed by atoms with Gasteiger partial charge in [-0.3, -0.25) is 14.2 Å². The fourth-order valence-electron chi connectivity index (χ4n) is 4.45. The van der Waals surface area contributed by atoms with Crippen molar-refractivity contribution < 1.29 is 14.3 Å². The van der Waals surface area contributed by atoms with Crippen molar-refractivity contribution in [2.75, 3.05) is 26.8 Å². The molecule has 1 aromatic heterocycles. The van der Waals surface area contributed by atoms with Crippen molar-refractivity contribution >= 4 is 23.3 Å². The highest BCUT2D eigenvalue weighted by Crippen LogP contribution is 2.36. The molecule has 8 heteroatoms. The van der Waals surface area contributed by atoms with Crippen LogP contribution in [0.25, 0.3) is 6.08 Å². The lowest BCUT2D eigenvalue weighted by molar-refractivity contribution is -0.127. The lowest BCUT2D eigenvalue weighted by Gasteiger charge is -2.29. The Hall–Kier alpha value is -4.09. The van der Waals surface area contributed by atoms with Gasteiger partial charge in [0, 0.05) is 24.2 Å². The van der Waals surface area contributed by atoms with E-state index in [-0.39, 0.29) is 18.1 Å². The molecule has 0 aliphatic carbocycles. The standard InChI is InChI=1S/C29H29N3O4S/c1-6-17-36-22-15-11-9-13-20(22)18-24-27(33)32-26(21-14-10-12-16-23(21)35-5)25(19(4)30-29(32)37-24)28(34)31(7-2)8-3/h1,9-16,18,26H,7-8,17H2,2-5H3/b24-18+/t26-/m0/s1. The number of benzene rings is 2. The van der Waals surface area contributed by atoms with Crippen LogP contribution in [0.1, 0.15) is 37.9 Å². The number of thiazole rings is 1. The molecule has 2 heterocycles. The average Bonchev–Trinajstić information content (AvgIpc) is 3.22. The third-order valence-electron chi connectivity index (χ3n) is 6.25. The number of fused-ring (bicyclic) bond motifs is 1. The summed E-state index contributed by atoms with van der Waals surface area (Å²) in [6.07, 6.45) is 7.14. The summed E-state index contributed by atoms with van der Waals surface area (Å²) in [7, 11) is 1.58. The number of hydrogen-bond acceptors (Lipinski definition) is 6. The molecule has 0 spiro atoms. The number of nitrogens with zero attached hydrogens (tertiary/aromatic N) is 3. The van der Waals surface area contributed by atoms with E-state index < -0.39 is 6.04 Å². The molecule has 0 bridgehead atoms. The number of likely N-dealkylation sites (N-methyl/N-ethyl adjacent to an activating group) is 1. The zero-order valence-electron chi connectivity index (χ0n) is 21.4. The first-order valence-electron chi connectivity index (χ1n) is 12.0. The molecule has 0 saturated carbocycles. The highest BCUT2D eigenvalue weighted by molar-refractivity contribution is 7.07. The molecule has 3 aromatic rings. The van der Waals surface area contributed by atoms with Crippen molar-refractivity contribution in [3.8, 4) is 23.8 Å². The van der Waals surface area contributed by atoms with Crippen LogP contribution in [0.4, 0.5) is 0 Å². The molecule has 37 heavy (non-hydrogen) atoms. The van der Waals surface area contributed by atoms with Crippen LogP contribution in [0.15, 0.2) is 69.6 Å². The van der Waals surface area contributed by atoms with Gasteiger partial charge in [0.25, 0.3) is 11.5 Å². The second-order valence-corrected chi connectivity index (χ2v) is 9.34. The van der Waals surface area contributed by atoms with E-state index in [1.807, 2.05) is 69.3 Å². The Kier molecular flexibility index (Phi) is 7.95. The second-order valence-electron chi connectivity index (χ2n) is 8.33. The normalized spacial score (nSPS) is 15.0. The maximum Gasteiger partial charge on any atom is 0.271 e. The summed E-state index contributed by atoms with van der Waals surface area (Å²) in [5.74, 6) is 3.49. The molecule has 0 unspecified atom stereocenters. The van der Waals surface area contributed by atoms with Crippen LogP contribution in [0.5, 0.6) is 11.5 Å². The first kappa shape index (κ1) is 26.0. The average molecular weight is 516 g/mol. The zero-order chi connectivity index (χ0) is 26.5. The maximum absolute atomic E-state index is 13.9. The molecule has 0 N–H and O–H groups in total. The molecular formula is C29H29N3O4S. The highest BCUT2D eigenvalue weighted by Gasteiger charge is 2.35. The number of terminal acetylenes is 1. The summed E-state index contributed by atoms with van der Waals surface area (Å²) < 4.78 is 13.4. The monoisotopic (exact) mass is 515 g/mol. The van der Waals surface area contributed by atoms with E-state index in [2.05, 4.69) is 5.92 Å². The van der Waals surface area contributed by atoms with Gasteiger partial charge in [0.05, 0.1) is 22.9 Å². The number of carbonyl (C=O) groups excluding carboxylic acids is 1. The topological polar surface area (TPSA) is 73.1 Å². The Balaban J connectivity index is 1.97. The summed E-state index contributed by atoms with van der Waals surface area (Å²) >= 11 is 1.27. The fraction of sp³-hybridized carbons (Fsp3) is 0.276. The van der Waals surface area contributed by atoms with Crippen LogP contribution in [-0.4, -0.2) is 42.2 Å². The predicted molar refractivity (Wildman–Crippen MR) is 145 cm³/mol. The van der Waals surface area contributed by atoms with E-state index in [0.29, 0.717) is 45.2 Å². The number of aromatic nitrogens is 1. The number of allylic oxidation sites excluding steroid dienone is 1. The van der Waals surface area contributed by atoms with Gasteiger partial charge in [-0.2, -0.15) is 0 Å². The van der Waals surface area contributed by atoms with Crippen molar-refractivity contribution in [1.29, 1.82) is 0 Å². The predicted octanol–water partition coefficient (Wildman–Crippen LogP) is 3.12. The van der Waals surface area contributed by atoms with Crippen LogP contribution in [0, 0.1) is 12.3 Å². The molecule has 7 nitrogen and oxygen atoms in total. The molecule has 1 atom stereocenters. The lowest BCUT2D eigenvalue weighted by Crippen LogP contribution is -2.43. The summed E-state index contributed by atoms with van der Waals surface area (Å²) in [5.41, 5.74) is 2.25. The van der Waals surface area contributed by atoms with Gasteiger partial charge >= 0.3 is 0 Å². The number of ether oxygens (including phenoxy) is 2. The van der Waals surface area contributed by atoms with E-state index >= 15 is 0 Å². The SMILES string of the molecule is C#CCOc1ccccc1/C=c1/sc2n(c1=O)[C@@H](c1ccccc1OC)C(C(=O)N(CC)CC)=C(C)N=2. The second kappa shape index (κ2) is 11.3. The minimum atomic E-state index is -0.685. The molecule has 1 amide bonds. The van der Waals surface area contributed by atoms with Crippen LogP contribution in [0.2, 0.25) is 0 Å². The first-order valence-corrected chi connectivity index (χ1v) is 12.9. The largest absolute Gasteiger partial charge is 0.496 e. The van der Waals surface area contributed by atoms with Crippen molar-refractivity contribution in [1.82, 2.24) is 9.47 Å².